The van der Waals surface area contributed by atoms with Crippen LogP contribution in [0.15, 0.2) is 23.8 Å². The Morgan fingerprint density at radius 3 is 2.62 bits per heavy atom. The van der Waals surface area contributed by atoms with Crippen LogP contribution in [0.4, 0.5) is 0 Å². The van der Waals surface area contributed by atoms with Crippen molar-refractivity contribution in [3.8, 4) is 0 Å². The van der Waals surface area contributed by atoms with Crippen LogP contribution in [0.2, 0.25) is 0 Å². The Balaban J connectivity index is 2.36. The van der Waals surface area contributed by atoms with Crippen molar-refractivity contribution in [2.24, 2.45) is 11.8 Å². The Hall–Kier alpha value is -0.520. The first-order valence-corrected chi connectivity index (χ1v) is 3.23. The molecule has 0 aliphatic heterocycles. The van der Waals surface area contributed by atoms with Crippen molar-refractivity contribution >= 4 is 0 Å². The van der Waals surface area contributed by atoms with Crippen molar-refractivity contribution < 1.29 is 0 Å². The van der Waals surface area contributed by atoms with Crippen LogP contribution in [-0.4, -0.2) is 0 Å². The van der Waals surface area contributed by atoms with E-state index in [1.165, 1.54) is 6.42 Å². The molecule has 0 aromatic carbocycles. The minimum Gasteiger partial charge on any atom is -0.0810 e. The molecule has 2 aliphatic rings. The summed E-state index contributed by atoms with van der Waals surface area (Å²) in [6.45, 7) is 2.23. The Bertz CT molecular complexity index is 163. The molecule has 2 unspecified atom stereocenters. The maximum atomic E-state index is 2.38. The Morgan fingerprint density at radius 1 is 1.50 bits per heavy atom. The topological polar surface area (TPSA) is 0 Å². The van der Waals surface area contributed by atoms with Crippen LogP contribution in [0, 0.1) is 11.8 Å². The number of allylic oxidation sites excluding steroid dienone is 4. The van der Waals surface area contributed by atoms with Gasteiger partial charge in [-0.1, -0.05) is 23.8 Å². The van der Waals surface area contributed by atoms with E-state index in [0.717, 1.165) is 11.8 Å². The first-order chi connectivity index (χ1) is 3.86. The summed E-state index contributed by atoms with van der Waals surface area (Å²) in [5.41, 5.74) is 1.58. The molecule has 0 saturated carbocycles. The van der Waals surface area contributed by atoms with Gasteiger partial charge in [0, 0.05) is 0 Å². The quantitative estimate of drug-likeness (QED) is 0.415. The van der Waals surface area contributed by atoms with E-state index in [1.807, 2.05) is 0 Å². The summed E-state index contributed by atoms with van der Waals surface area (Å²) in [5.74, 6) is 1.62. The Kier molecular flexibility index (Phi) is 0.682. The molecule has 2 bridgehead atoms. The molecule has 2 rings (SSSR count). The average Bonchev–Trinajstić information content (AvgIpc) is 2.23. The second kappa shape index (κ2) is 1.25. The molecule has 0 radical (unpaired) electrons. The molecule has 0 fully saturated rings. The molecule has 0 aromatic rings. The van der Waals surface area contributed by atoms with Crippen molar-refractivity contribution in [3.05, 3.63) is 23.8 Å². The molecule has 0 aromatic heterocycles. The predicted octanol–water partition coefficient (Wildman–Crippen LogP) is 2.14. The largest absolute Gasteiger partial charge is 0.0810 e. The van der Waals surface area contributed by atoms with Crippen molar-refractivity contribution in [2.75, 3.05) is 0 Å². The lowest BCUT2D eigenvalue weighted by Crippen LogP contribution is -1.86. The van der Waals surface area contributed by atoms with Gasteiger partial charge in [-0.25, -0.2) is 0 Å². The highest BCUT2D eigenvalue weighted by Crippen LogP contribution is 2.37. The molecule has 0 saturated heterocycles. The zero-order valence-corrected chi connectivity index (χ0v) is 5.09. The Morgan fingerprint density at radius 2 is 2.38 bits per heavy atom. The molecule has 2 atom stereocenters. The summed E-state index contributed by atoms with van der Waals surface area (Å²) < 4.78 is 0. The molecule has 0 amide bonds. The number of fused-ring (bicyclic) bond motifs is 2. The van der Waals surface area contributed by atoms with Gasteiger partial charge in [-0.15, -0.1) is 0 Å². The van der Waals surface area contributed by atoms with Crippen LogP contribution in [0.5, 0.6) is 0 Å². The van der Waals surface area contributed by atoms with Crippen LogP contribution in [0.3, 0.4) is 0 Å². The highest BCUT2D eigenvalue weighted by atomic mass is 14.3. The first kappa shape index (κ1) is 4.37. The van der Waals surface area contributed by atoms with E-state index in [4.69, 9.17) is 0 Å². The second-order valence-electron chi connectivity index (χ2n) is 2.80. The van der Waals surface area contributed by atoms with Crippen molar-refractivity contribution in [1.29, 1.82) is 0 Å². The average molecular weight is 106 g/mol. The van der Waals surface area contributed by atoms with E-state index in [2.05, 4.69) is 25.2 Å². The zero-order chi connectivity index (χ0) is 5.56. The fraction of sp³-hybridized carbons (Fsp3) is 0.500. The fourth-order valence-electron chi connectivity index (χ4n) is 1.65. The van der Waals surface area contributed by atoms with Gasteiger partial charge in [-0.2, -0.15) is 0 Å². The number of rotatable bonds is 0. The van der Waals surface area contributed by atoms with E-state index in [1.54, 1.807) is 5.57 Å². The number of hydrogen-bond donors (Lipinski definition) is 0. The third-order valence-electron chi connectivity index (χ3n) is 2.18. The molecule has 0 N–H and O–H groups in total. The standard InChI is InChI=1S/C8H10/c1-6-4-7-2-3-8(6)5-7/h2-4,7-8H,5H2,1H3. The molecule has 0 spiro atoms. The smallest absolute Gasteiger partial charge is 0.00170 e. The summed E-state index contributed by atoms with van der Waals surface area (Å²) in [6.07, 6.45) is 8.40. The van der Waals surface area contributed by atoms with Gasteiger partial charge < -0.3 is 0 Å². The van der Waals surface area contributed by atoms with E-state index >= 15 is 0 Å². The minimum atomic E-state index is 0.806. The predicted molar refractivity (Wildman–Crippen MR) is 34.5 cm³/mol. The van der Waals surface area contributed by atoms with Gasteiger partial charge in [-0.3, -0.25) is 0 Å². The van der Waals surface area contributed by atoms with Crippen LogP contribution in [-0.2, 0) is 0 Å². The Labute approximate surface area is 49.9 Å². The van der Waals surface area contributed by atoms with Gasteiger partial charge in [0.05, 0.1) is 0 Å². The lowest BCUT2D eigenvalue weighted by atomic mass is 10.1. The van der Waals surface area contributed by atoms with Crippen molar-refractivity contribution in [1.82, 2.24) is 0 Å². The maximum absolute atomic E-state index is 2.38. The molecule has 2 aliphatic carbocycles. The van der Waals surface area contributed by atoms with E-state index in [9.17, 15) is 0 Å². The van der Waals surface area contributed by atoms with Crippen LogP contribution >= 0.6 is 0 Å². The van der Waals surface area contributed by atoms with Gasteiger partial charge in [0.15, 0.2) is 0 Å². The zero-order valence-electron chi connectivity index (χ0n) is 5.09. The van der Waals surface area contributed by atoms with E-state index in [-0.39, 0.29) is 0 Å². The van der Waals surface area contributed by atoms with Gasteiger partial charge in [0.1, 0.15) is 0 Å². The van der Waals surface area contributed by atoms with E-state index in [0.29, 0.717) is 0 Å². The third kappa shape index (κ3) is 0.405. The summed E-state index contributed by atoms with van der Waals surface area (Å²) in [6, 6.07) is 0. The summed E-state index contributed by atoms with van der Waals surface area (Å²) in [7, 11) is 0. The van der Waals surface area contributed by atoms with Crippen LogP contribution < -0.4 is 0 Å². The first-order valence-electron chi connectivity index (χ1n) is 3.23. The van der Waals surface area contributed by atoms with Crippen LogP contribution in [0.25, 0.3) is 0 Å². The molecule has 0 heteroatoms. The maximum Gasteiger partial charge on any atom is -0.00170 e. The third-order valence-corrected chi connectivity index (χ3v) is 2.18. The second-order valence-corrected chi connectivity index (χ2v) is 2.80. The summed E-state index contributed by atoms with van der Waals surface area (Å²) in [5, 5.41) is 0. The lowest BCUT2D eigenvalue weighted by Gasteiger charge is -1.99. The SMILES string of the molecule is CC1=CC2C=CC1C2. The summed E-state index contributed by atoms with van der Waals surface area (Å²) in [4.78, 5) is 0. The van der Waals surface area contributed by atoms with Gasteiger partial charge in [0.2, 0.25) is 0 Å². The molecular weight excluding hydrogens is 96.1 g/mol. The summed E-state index contributed by atoms with van der Waals surface area (Å²) >= 11 is 0. The van der Waals surface area contributed by atoms with Crippen LogP contribution in [0.1, 0.15) is 13.3 Å². The normalized spacial score (nSPS) is 40.9. The van der Waals surface area contributed by atoms with Gasteiger partial charge >= 0.3 is 0 Å². The van der Waals surface area contributed by atoms with Crippen molar-refractivity contribution in [2.45, 2.75) is 13.3 Å². The molecule has 8 heavy (non-hydrogen) atoms. The van der Waals surface area contributed by atoms with E-state index < -0.39 is 0 Å². The fourth-order valence-corrected chi connectivity index (χ4v) is 1.65. The van der Waals surface area contributed by atoms with Crippen molar-refractivity contribution in [3.63, 3.8) is 0 Å². The minimum absolute atomic E-state index is 0.806. The molecule has 0 heterocycles. The van der Waals surface area contributed by atoms with Gasteiger partial charge in [-0.05, 0) is 25.2 Å². The lowest BCUT2D eigenvalue weighted by molar-refractivity contribution is 0.714. The highest BCUT2D eigenvalue weighted by molar-refractivity contribution is 5.28. The highest BCUT2D eigenvalue weighted by Gasteiger charge is 2.24. The molecule has 42 valence electrons. The van der Waals surface area contributed by atoms with Gasteiger partial charge in [0.25, 0.3) is 0 Å². The molecule has 0 nitrogen and oxygen atoms in total. The molecular formula is C8H10. The monoisotopic (exact) mass is 106 g/mol. The number of hydrogen-bond acceptors (Lipinski definition) is 0.